The fraction of sp³-hybridized carbons (Fsp3) is 0.222. The van der Waals surface area contributed by atoms with Crippen molar-refractivity contribution in [3.05, 3.63) is 77.8 Å². The Hall–Kier alpha value is -3.38. The summed E-state index contributed by atoms with van der Waals surface area (Å²) in [5, 5.41) is 12.4. The molecule has 0 saturated heterocycles. The number of benzene rings is 3. The highest BCUT2D eigenvalue weighted by atomic mass is 35.5. The van der Waals surface area contributed by atoms with Crippen LogP contribution in [0.3, 0.4) is 0 Å². The average Bonchev–Trinajstić information content (AvgIpc) is 3.37. The molecule has 0 aliphatic heterocycles. The number of anilines is 1. The van der Waals surface area contributed by atoms with Gasteiger partial charge in [-0.3, -0.25) is 9.36 Å². The van der Waals surface area contributed by atoms with Gasteiger partial charge in [-0.2, -0.15) is 4.31 Å². The lowest BCUT2D eigenvalue weighted by molar-refractivity contribution is -0.113. The molecule has 1 heterocycles. The number of ether oxygens (including phenoxy) is 1. The molecule has 1 amide bonds. The van der Waals surface area contributed by atoms with Gasteiger partial charge in [-0.15, -0.1) is 10.2 Å². The number of methoxy groups -OCH3 is 1. The van der Waals surface area contributed by atoms with Crippen molar-refractivity contribution >= 4 is 45.0 Å². The Bertz CT molecular complexity index is 1560. The molecule has 0 spiro atoms. The highest BCUT2D eigenvalue weighted by Gasteiger charge is 2.24. The van der Waals surface area contributed by atoms with E-state index >= 15 is 0 Å². The van der Waals surface area contributed by atoms with Crippen LogP contribution in [0.25, 0.3) is 17.1 Å². The molecule has 0 unspecified atom stereocenters. The highest BCUT2D eigenvalue weighted by molar-refractivity contribution is 7.99. The number of hydrogen-bond acceptors (Lipinski definition) is 7. The number of thioether (sulfide) groups is 1. The largest absolute Gasteiger partial charge is 0.495 e. The number of amides is 1. The molecule has 3 aromatic carbocycles. The first kappa shape index (κ1) is 28.6. The maximum atomic E-state index is 13.1. The van der Waals surface area contributed by atoms with Crippen LogP contribution in [-0.2, 0) is 14.8 Å². The molecule has 0 bridgehead atoms. The van der Waals surface area contributed by atoms with Crippen molar-refractivity contribution in [2.45, 2.75) is 23.9 Å². The molecule has 4 aromatic rings. The van der Waals surface area contributed by atoms with Gasteiger partial charge in [0.2, 0.25) is 15.9 Å². The number of para-hydroxylation sites is 1. The van der Waals surface area contributed by atoms with Gasteiger partial charge in [0.05, 0.1) is 22.8 Å². The van der Waals surface area contributed by atoms with Crippen LogP contribution in [0.15, 0.2) is 82.8 Å². The lowest BCUT2D eigenvalue weighted by Crippen LogP contribution is -2.30. The number of nitrogens with zero attached hydrogens (tertiary/aromatic N) is 4. The molecule has 39 heavy (non-hydrogen) atoms. The summed E-state index contributed by atoms with van der Waals surface area (Å²) in [6, 6.07) is 21.1. The number of aromatic nitrogens is 3. The van der Waals surface area contributed by atoms with Gasteiger partial charge >= 0.3 is 0 Å². The summed E-state index contributed by atoms with van der Waals surface area (Å²) >= 11 is 7.38. The summed E-state index contributed by atoms with van der Waals surface area (Å²) in [4.78, 5) is 12.9. The lowest BCUT2D eigenvalue weighted by atomic mass is 10.2. The molecule has 0 fully saturated rings. The zero-order valence-electron chi connectivity index (χ0n) is 21.7. The van der Waals surface area contributed by atoms with E-state index in [9.17, 15) is 13.2 Å². The average molecular weight is 586 g/mol. The highest BCUT2D eigenvalue weighted by Crippen LogP contribution is 2.31. The fourth-order valence-corrected chi connectivity index (χ4v) is 6.45. The Balaban J connectivity index is 1.63. The van der Waals surface area contributed by atoms with Crippen molar-refractivity contribution < 1.29 is 17.9 Å². The Labute approximate surface area is 237 Å². The van der Waals surface area contributed by atoms with Crippen molar-refractivity contribution in [3.8, 4) is 22.8 Å². The predicted octanol–water partition coefficient (Wildman–Crippen LogP) is 5.36. The zero-order chi connectivity index (χ0) is 28.0. The normalized spacial score (nSPS) is 11.5. The number of carbonyl (C=O) groups is 1. The molecule has 1 aromatic heterocycles. The summed E-state index contributed by atoms with van der Waals surface area (Å²) < 4.78 is 34.7. The van der Waals surface area contributed by atoms with Gasteiger partial charge in [-0.1, -0.05) is 67.5 Å². The number of sulfonamides is 1. The second kappa shape index (κ2) is 12.6. The van der Waals surface area contributed by atoms with Crippen LogP contribution in [0.1, 0.15) is 13.8 Å². The molecule has 0 aliphatic rings. The monoisotopic (exact) mass is 585 g/mol. The van der Waals surface area contributed by atoms with Crippen molar-refractivity contribution in [1.82, 2.24) is 19.1 Å². The Morgan fingerprint density at radius 1 is 1.03 bits per heavy atom. The van der Waals surface area contributed by atoms with Gasteiger partial charge in [0.1, 0.15) is 5.75 Å². The second-order valence-corrected chi connectivity index (χ2v) is 11.6. The van der Waals surface area contributed by atoms with Crippen LogP contribution in [0.2, 0.25) is 5.02 Å². The number of halogens is 1. The third kappa shape index (κ3) is 6.44. The van der Waals surface area contributed by atoms with Gasteiger partial charge in [-0.25, -0.2) is 8.42 Å². The van der Waals surface area contributed by atoms with Gasteiger partial charge in [0, 0.05) is 30.0 Å². The number of nitrogens with one attached hydrogen (secondary N) is 1. The predicted molar refractivity (Wildman–Crippen MR) is 154 cm³/mol. The zero-order valence-corrected chi connectivity index (χ0v) is 24.1. The Morgan fingerprint density at radius 3 is 2.44 bits per heavy atom. The van der Waals surface area contributed by atoms with E-state index in [4.69, 9.17) is 16.3 Å². The number of rotatable bonds is 11. The molecule has 1 N–H and O–H groups in total. The molecule has 204 valence electrons. The summed E-state index contributed by atoms with van der Waals surface area (Å²) in [5.41, 5.74) is 1.91. The number of hydrogen-bond donors (Lipinski definition) is 1. The topological polar surface area (TPSA) is 106 Å². The van der Waals surface area contributed by atoms with Crippen molar-refractivity contribution in [2.24, 2.45) is 0 Å². The molecule has 12 heteroatoms. The molecule has 0 radical (unpaired) electrons. The molecule has 4 rings (SSSR count). The summed E-state index contributed by atoms with van der Waals surface area (Å²) in [6.07, 6.45) is 0. The van der Waals surface area contributed by atoms with E-state index < -0.39 is 10.0 Å². The molecule has 0 atom stereocenters. The maximum Gasteiger partial charge on any atom is 0.243 e. The first-order chi connectivity index (χ1) is 18.8. The molecule has 9 nitrogen and oxygen atoms in total. The van der Waals surface area contributed by atoms with Crippen LogP contribution in [0.5, 0.6) is 5.75 Å². The van der Waals surface area contributed by atoms with E-state index in [1.54, 1.807) is 56.3 Å². The summed E-state index contributed by atoms with van der Waals surface area (Å²) in [6.45, 7) is 4.35. The standard InChI is InChI=1S/C27H28ClN5O4S2/c1-4-32(5-2)39(35,36)22-13-9-10-19(16-22)26-30-31-27(33(26)21-11-7-6-8-12-21)38-18-25(34)29-20-14-15-24(37-3)23(28)17-20/h6-17H,4-5,18H2,1-3H3,(H,29,34). The number of carbonyl (C=O) groups excluding carboxylic acids is 1. The second-order valence-electron chi connectivity index (χ2n) is 8.28. The summed E-state index contributed by atoms with van der Waals surface area (Å²) in [5.74, 6) is 0.784. The van der Waals surface area contributed by atoms with Gasteiger partial charge in [0.25, 0.3) is 0 Å². The Kier molecular flexibility index (Phi) is 9.28. The van der Waals surface area contributed by atoms with Crippen molar-refractivity contribution in [2.75, 3.05) is 31.3 Å². The van der Waals surface area contributed by atoms with Gasteiger partial charge in [-0.05, 0) is 42.5 Å². The van der Waals surface area contributed by atoms with Crippen LogP contribution < -0.4 is 10.1 Å². The van der Waals surface area contributed by atoms with Gasteiger partial charge < -0.3 is 10.1 Å². The van der Waals surface area contributed by atoms with E-state index in [0.717, 1.165) is 5.69 Å². The van der Waals surface area contributed by atoms with Crippen LogP contribution >= 0.6 is 23.4 Å². The van der Waals surface area contributed by atoms with E-state index in [0.29, 0.717) is 46.1 Å². The molecular weight excluding hydrogens is 558 g/mol. The van der Waals surface area contributed by atoms with Crippen molar-refractivity contribution in [3.63, 3.8) is 0 Å². The third-order valence-corrected chi connectivity index (χ3v) is 9.12. The molecule has 0 aliphatic carbocycles. The SMILES string of the molecule is CCN(CC)S(=O)(=O)c1cccc(-c2nnc(SCC(=O)Nc3ccc(OC)c(Cl)c3)n2-c2ccccc2)c1. The van der Waals surface area contributed by atoms with E-state index in [2.05, 4.69) is 15.5 Å². The van der Waals surface area contributed by atoms with Gasteiger partial charge in [0.15, 0.2) is 11.0 Å². The first-order valence-corrected chi connectivity index (χ1v) is 15.0. The van der Waals surface area contributed by atoms with E-state index in [-0.39, 0.29) is 16.6 Å². The molecule has 0 saturated carbocycles. The first-order valence-electron chi connectivity index (χ1n) is 12.2. The maximum absolute atomic E-state index is 13.1. The molecular formula is C27H28ClN5O4S2. The fourth-order valence-electron chi connectivity index (χ4n) is 3.94. The Morgan fingerprint density at radius 2 is 1.77 bits per heavy atom. The van der Waals surface area contributed by atoms with E-state index in [1.165, 1.54) is 23.2 Å². The van der Waals surface area contributed by atoms with Crippen molar-refractivity contribution in [1.29, 1.82) is 0 Å². The lowest BCUT2D eigenvalue weighted by Gasteiger charge is -2.19. The minimum absolute atomic E-state index is 0.0605. The quantitative estimate of drug-likeness (QED) is 0.236. The van der Waals surface area contributed by atoms with Crippen LogP contribution in [-0.4, -0.2) is 59.3 Å². The minimum atomic E-state index is -3.66. The van der Waals surface area contributed by atoms with Crippen LogP contribution in [0, 0.1) is 0 Å². The van der Waals surface area contributed by atoms with E-state index in [1.807, 2.05) is 34.9 Å². The smallest absolute Gasteiger partial charge is 0.243 e. The van der Waals surface area contributed by atoms with Crippen LogP contribution in [0.4, 0.5) is 5.69 Å². The summed E-state index contributed by atoms with van der Waals surface area (Å²) in [7, 11) is -2.14. The minimum Gasteiger partial charge on any atom is -0.495 e. The third-order valence-electron chi connectivity index (χ3n) is 5.85.